The van der Waals surface area contributed by atoms with Gasteiger partial charge in [0.1, 0.15) is 5.84 Å². The summed E-state index contributed by atoms with van der Waals surface area (Å²) < 4.78 is 0. The third kappa shape index (κ3) is 2.88. The molecule has 0 spiro atoms. The molecule has 1 amide bonds. The van der Waals surface area contributed by atoms with Crippen molar-refractivity contribution in [3.63, 3.8) is 0 Å². The molecule has 130 valence electrons. The number of nitrogens with zero attached hydrogens (tertiary/aromatic N) is 2. The van der Waals surface area contributed by atoms with Gasteiger partial charge in [0.05, 0.1) is 23.8 Å². The molecule has 1 saturated carbocycles. The van der Waals surface area contributed by atoms with Crippen LogP contribution in [0, 0.1) is 40.9 Å². The van der Waals surface area contributed by atoms with Gasteiger partial charge in [-0.05, 0) is 49.5 Å². The maximum atomic E-state index is 12.4. The summed E-state index contributed by atoms with van der Waals surface area (Å²) in [6.07, 6.45) is 9.55. The number of amidine groups is 1. The van der Waals surface area contributed by atoms with Gasteiger partial charge in [0.2, 0.25) is 0 Å². The molecular weight excluding hydrogens is 318 g/mol. The first kappa shape index (κ1) is 16.1. The second kappa shape index (κ2) is 6.14. The highest BCUT2D eigenvalue weighted by Crippen LogP contribution is 2.50. The molecule has 6 heteroatoms. The number of carboxylic acids is 1. The molecule has 6 atom stereocenters. The Hall–Kier alpha value is -2.42. The fraction of sp³-hybridized carbons (Fsp3) is 0.579. The molecule has 4 rings (SSSR count). The number of aliphatic imine (C=N–C) groups is 1. The molecule has 0 radical (unpaired) electrons. The summed E-state index contributed by atoms with van der Waals surface area (Å²) in [4.78, 5) is 27.7. The lowest BCUT2D eigenvalue weighted by molar-refractivity contribution is -0.140. The fourth-order valence-electron chi connectivity index (χ4n) is 4.45. The number of aliphatic carboxylic acids is 1. The van der Waals surface area contributed by atoms with Crippen LogP contribution in [-0.4, -0.2) is 28.9 Å². The molecule has 1 fully saturated rings. The first-order chi connectivity index (χ1) is 12.1. The van der Waals surface area contributed by atoms with E-state index < -0.39 is 11.9 Å². The van der Waals surface area contributed by atoms with Crippen LogP contribution in [-0.2, 0) is 9.59 Å². The van der Waals surface area contributed by atoms with Crippen LogP contribution >= 0.6 is 0 Å². The number of carbonyl (C=O) groups is 2. The van der Waals surface area contributed by atoms with Crippen molar-refractivity contribution in [2.24, 2.45) is 34.6 Å². The van der Waals surface area contributed by atoms with E-state index in [-0.39, 0.29) is 35.6 Å². The first-order valence-electron chi connectivity index (χ1n) is 8.97. The monoisotopic (exact) mass is 339 g/mol. The molecule has 1 heterocycles. The minimum atomic E-state index is -0.775. The molecule has 4 aliphatic rings. The predicted octanol–water partition coefficient (Wildman–Crippen LogP) is 2.05. The number of amides is 1. The molecule has 0 aromatic heterocycles. The zero-order chi connectivity index (χ0) is 17.6. The lowest BCUT2D eigenvalue weighted by Gasteiger charge is -2.21. The molecule has 2 N–H and O–H groups in total. The highest BCUT2D eigenvalue weighted by molar-refractivity contribution is 6.09. The Morgan fingerprint density at radius 1 is 1.32 bits per heavy atom. The van der Waals surface area contributed by atoms with Crippen molar-refractivity contribution in [2.45, 2.75) is 38.1 Å². The van der Waals surface area contributed by atoms with Crippen molar-refractivity contribution in [1.29, 1.82) is 5.26 Å². The summed E-state index contributed by atoms with van der Waals surface area (Å²) in [5.74, 6) is -0.0732. The summed E-state index contributed by atoms with van der Waals surface area (Å²) in [7, 11) is 0. The quantitative estimate of drug-likeness (QED) is 0.766. The van der Waals surface area contributed by atoms with E-state index in [9.17, 15) is 9.59 Å². The maximum absolute atomic E-state index is 12.4. The number of allylic oxidation sites excluding steroid dienone is 2. The SMILES string of the molecule is N#CC1CC=C(C2=NC(=O)C3C(N2)C3C2C=CC(C(=O)O)CC2)CC1. The zero-order valence-electron chi connectivity index (χ0n) is 13.9. The van der Waals surface area contributed by atoms with Crippen LogP contribution in [0.1, 0.15) is 32.1 Å². The number of rotatable bonds is 3. The Kier molecular flexibility index (Phi) is 3.95. The number of carboxylic acid groups (broad SMARTS) is 1. The van der Waals surface area contributed by atoms with Crippen LogP contribution in [0.3, 0.4) is 0 Å². The highest BCUT2D eigenvalue weighted by Gasteiger charge is 2.60. The summed E-state index contributed by atoms with van der Waals surface area (Å²) in [5, 5.41) is 21.5. The number of nitrogens with one attached hydrogen (secondary N) is 1. The average molecular weight is 339 g/mol. The number of nitriles is 1. The van der Waals surface area contributed by atoms with E-state index in [2.05, 4.69) is 16.4 Å². The lowest BCUT2D eigenvalue weighted by atomic mass is 9.85. The minimum absolute atomic E-state index is 0.0548. The molecule has 6 nitrogen and oxygen atoms in total. The van der Waals surface area contributed by atoms with Crippen LogP contribution in [0.25, 0.3) is 0 Å². The second-order valence-electron chi connectivity index (χ2n) is 7.47. The third-order valence-corrected chi connectivity index (χ3v) is 6.00. The number of carbonyl (C=O) groups excluding carboxylic acids is 1. The molecule has 3 aliphatic carbocycles. The van der Waals surface area contributed by atoms with Crippen molar-refractivity contribution >= 4 is 17.7 Å². The molecule has 0 aromatic carbocycles. The Morgan fingerprint density at radius 3 is 2.76 bits per heavy atom. The van der Waals surface area contributed by atoms with E-state index in [1.807, 2.05) is 12.2 Å². The first-order valence-corrected chi connectivity index (χ1v) is 8.97. The van der Waals surface area contributed by atoms with Crippen molar-refractivity contribution in [1.82, 2.24) is 5.32 Å². The number of hydrogen-bond acceptors (Lipinski definition) is 4. The highest BCUT2D eigenvalue weighted by atomic mass is 16.4. The number of fused-ring (bicyclic) bond motifs is 1. The van der Waals surface area contributed by atoms with Gasteiger partial charge >= 0.3 is 5.97 Å². The summed E-state index contributed by atoms with van der Waals surface area (Å²) >= 11 is 0. The maximum Gasteiger partial charge on any atom is 0.310 e. The molecule has 0 saturated heterocycles. The van der Waals surface area contributed by atoms with E-state index in [0.717, 1.165) is 31.3 Å². The van der Waals surface area contributed by atoms with E-state index in [1.165, 1.54) is 0 Å². The Bertz CT molecular complexity index is 746. The van der Waals surface area contributed by atoms with Crippen molar-refractivity contribution in [3.05, 3.63) is 23.8 Å². The Labute approximate surface area is 146 Å². The fourth-order valence-corrected chi connectivity index (χ4v) is 4.45. The van der Waals surface area contributed by atoms with Gasteiger partial charge in [-0.3, -0.25) is 9.59 Å². The Balaban J connectivity index is 1.43. The molecular formula is C19H21N3O3. The van der Waals surface area contributed by atoms with Crippen molar-refractivity contribution < 1.29 is 14.7 Å². The molecule has 0 bridgehead atoms. The van der Waals surface area contributed by atoms with Gasteiger partial charge in [0.15, 0.2) is 0 Å². The van der Waals surface area contributed by atoms with Gasteiger partial charge in [-0.25, -0.2) is 0 Å². The van der Waals surface area contributed by atoms with Gasteiger partial charge < -0.3 is 10.4 Å². The number of hydrogen-bond donors (Lipinski definition) is 2. The molecule has 1 aliphatic heterocycles. The molecule has 6 unspecified atom stereocenters. The lowest BCUT2D eigenvalue weighted by Crippen LogP contribution is -2.35. The van der Waals surface area contributed by atoms with Gasteiger partial charge in [0, 0.05) is 6.04 Å². The van der Waals surface area contributed by atoms with Gasteiger partial charge in [0.25, 0.3) is 5.91 Å². The van der Waals surface area contributed by atoms with E-state index in [4.69, 9.17) is 10.4 Å². The average Bonchev–Trinajstić information content (AvgIpc) is 3.37. The van der Waals surface area contributed by atoms with Crippen molar-refractivity contribution in [3.8, 4) is 6.07 Å². The minimum Gasteiger partial charge on any atom is -0.481 e. The van der Waals surface area contributed by atoms with Gasteiger partial charge in [-0.15, -0.1) is 0 Å². The molecule has 0 aromatic rings. The van der Waals surface area contributed by atoms with Crippen LogP contribution in [0.15, 0.2) is 28.8 Å². The van der Waals surface area contributed by atoms with Crippen LogP contribution in [0.2, 0.25) is 0 Å². The van der Waals surface area contributed by atoms with Crippen LogP contribution in [0.4, 0.5) is 0 Å². The predicted molar refractivity (Wildman–Crippen MR) is 90.4 cm³/mol. The van der Waals surface area contributed by atoms with Gasteiger partial charge in [-0.2, -0.15) is 10.3 Å². The third-order valence-electron chi connectivity index (χ3n) is 6.00. The largest absolute Gasteiger partial charge is 0.481 e. The normalized spacial score (nSPS) is 39.4. The van der Waals surface area contributed by atoms with E-state index >= 15 is 0 Å². The summed E-state index contributed by atoms with van der Waals surface area (Å²) in [6, 6.07) is 2.41. The second-order valence-corrected chi connectivity index (χ2v) is 7.47. The zero-order valence-corrected chi connectivity index (χ0v) is 13.9. The Morgan fingerprint density at radius 2 is 2.16 bits per heavy atom. The topological polar surface area (TPSA) is 103 Å². The van der Waals surface area contributed by atoms with Crippen molar-refractivity contribution in [2.75, 3.05) is 0 Å². The van der Waals surface area contributed by atoms with Crippen LogP contribution < -0.4 is 5.32 Å². The van der Waals surface area contributed by atoms with Gasteiger partial charge in [-0.1, -0.05) is 18.2 Å². The summed E-state index contributed by atoms with van der Waals surface area (Å²) in [6.45, 7) is 0. The van der Waals surface area contributed by atoms with E-state index in [0.29, 0.717) is 12.3 Å². The van der Waals surface area contributed by atoms with Crippen LogP contribution in [0.5, 0.6) is 0 Å². The molecule has 25 heavy (non-hydrogen) atoms. The smallest absolute Gasteiger partial charge is 0.310 e. The van der Waals surface area contributed by atoms with E-state index in [1.54, 1.807) is 6.08 Å². The summed E-state index contributed by atoms with van der Waals surface area (Å²) in [5.41, 5.74) is 1.05. The standard InChI is InChI=1S/C19H21N3O3/c20-9-10-1-3-12(4-2-10)17-21-16-14(15(16)18(23)22-17)11-5-7-13(8-6-11)19(24)25/h3,5,7,10-11,13-16H,1-2,4,6,8H2,(H,24,25)(H,21,22,23).